The van der Waals surface area contributed by atoms with Gasteiger partial charge in [-0.2, -0.15) is 0 Å². The van der Waals surface area contributed by atoms with Crippen LogP contribution < -0.4 is 11.3 Å². The van der Waals surface area contributed by atoms with Gasteiger partial charge in [-0.05, 0) is 32.0 Å². The first-order valence-electron chi connectivity index (χ1n) is 5.29. The van der Waals surface area contributed by atoms with Crippen LogP contribution in [0.2, 0.25) is 0 Å². The average molecular weight is 311 g/mol. The van der Waals surface area contributed by atoms with E-state index in [0.717, 1.165) is 11.3 Å². The Morgan fingerprint density at radius 3 is 2.56 bits per heavy atom. The van der Waals surface area contributed by atoms with Gasteiger partial charge in [0.2, 0.25) is 0 Å². The lowest BCUT2D eigenvalue weighted by Gasteiger charge is -2.09. The number of nitrogens with zero attached hydrogens (tertiary/aromatic N) is 2. The van der Waals surface area contributed by atoms with E-state index < -0.39 is 0 Å². The average Bonchev–Trinajstić information content (AvgIpc) is 2.31. The normalized spacial score (nSPS) is 10.5. The third-order valence-corrected chi connectivity index (χ3v) is 3.10. The molecule has 4 nitrogen and oxygen atoms in total. The van der Waals surface area contributed by atoms with Crippen LogP contribution in [0.15, 0.2) is 22.7 Å². The van der Waals surface area contributed by atoms with Crippen molar-refractivity contribution in [1.29, 1.82) is 0 Å². The molecular formula is C12H12BrFN4. The van der Waals surface area contributed by atoms with Crippen molar-refractivity contribution >= 4 is 21.7 Å². The van der Waals surface area contributed by atoms with Gasteiger partial charge in [0.05, 0.1) is 0 Å². The van der Waals surface area contributed by atoms with Gasteiger partial charge in [-0.25, -0.2) is 20.2 Å². The fourth-order valence-electron chi connectivity index (χ4n) is 1.58. The van der Waals surface area contributed by atoms with Crippen LogP contribution in [0.25, 0.3) is 11.4 Å². The monoisotopic (exact) mass is 310 g/mol. The maximum atomic E-state index is 13.4. The largest absolute Gasteiger partial charge is 0.308 e. The Hall–Kier alpha value is -1.53. The van der Waals surface area contributed by atoms with E-state index in [2.05, 4.69) is 31.3 Å². The number of nitrogen functional groups attached to an aromatic ring is 1. The molecule has 0 spiro atoms. The molecule has 94 valence electrons. The molecule has 1 aromatic carbocycles. The number of halogens is 2. The van der Waals surface area contributed by atoms with Crippen molar-refractivity contribution in [3.63, 3.8) is 0 Å². The highest BCUT2D eigenvalue weighted by atomic mass is 79.9. The van der Waals surface area contributed by atoms with Crippen LogP contribution in [-0.2, 0) is 0 Å². The summed E-state index contributed by atoms with van der Waals surface area (Å²) in [6.45, 7) is 3.73. The predicted molar refractivity (Wildman–Crippen MR) is 72.4 cm³/mol. The number of hydrogen-bond acceptors (Lipinski definition) is 4. The molecule has 0 aliphatic heterocycles. The number of nitrogens with one attached hydrogen (secondary N) is 1. The van der Waals surface area contributed by atoms with E-state index in [4.69, 9.17) is 5.84 Å². The van der Waals surface area contributed by atoms with Crippen molar-refractivity contribution < 1.29 is 4.39 Å². The molecule has 1 heterocycles. The number of benzene rings is 1. The minimum absolute atomic E-state index is 0.344. The minimum Gasteiger partial charge on any atom is -0.308 e. The number of hydrazine groups is 1. The van der Waals surface area contributed by atoms with Gasteiger partial charge < -0.3 is 5.43 Å². The summed E-state index contributed by atoms with van der Waals surface area (Å²) in [6.07, 6.45) is 0. The summed E-state index contributed by atoms with van der Waals surface area (Å²) in [4.78, 5) is 8.61. The molecular weight excluding hydrogens is 299 g/mol. The van der Waals surface area contributed by atoms with Crippen molar-refractivity contribution in [2.24, 2.45) is 5.84 Å². The fraction of sp³-hybridized carbons (Fsp3) is 0.167. The third-order valence-electron chi connectivity index (χ3n) is 2.65. The van der Waals surface area contributed by atoms with E-state index in [-0.39, 0.29) is 5.82 Å². The Labute approximate surface area is 113 Å². The second kappa shape index (κ2) is 4.99. The Kier molecular flexibility index (Phi) is 3.58. The smallest absolute Gasteiger partial charge is 0.161 e. The zero-order valence-electron chi connectivity index (χ0n) is 9.96. The summed E-state index contributed by atoms with van der Waals surface area (Å²) in [5.41, 5.74) is 4.79. The number of aromatic nitrogens is 2. The first-order chi connectivity index (χ1) is 8.51. The Balaban J connectivity index is 2.60. The lowest BCUT2D eigenvalue weighted by Crippen LogP contribution is -2.12. The highest BCUT2D eigenvalue weighted by Crippen LogP contribution is 2.24. The topological polar surface area (TPSA) is 63.8 Å². The SMILES string of the molecule is Cc1nc(-c2cc(F)cc(Br)c2)nc(NN)c1C. The number of nitrogens with two attached hydrogens (primary N) is 1. The van der Waals surface area contributed by atoms with Gasteiger partial charge >= 0.3 is 0 Å². The van der Waals surface area contributed by atoms with Crippen LogP contribution in [0.5, 0.6) is 0 Å². The summed E-state index contributed by atoms with van der Waals surface area (Å²) in [5.74, 6) is 6.03. The summed E-state index contributed by atoms with van der Waals surface area (Å²) in [7, 11) is 0. The summed E-state index contributed by atoms with van der Waals surface area (Å²) < 4.78 is 14.0. The molecule has 2 aromatic rings. The Morgan fingerprint density at radius 1 is 1.22 bits per heavy atom. The molecule has 0 unspecified atom stereocenters. The molecule has 3 N–H and O–H groups in total. The summed E-state index contributed by atoms with van der Waals surface area (Å²) >= 11 is 3.24. The van der Waals surface area contributed by atoms with Crippen molar-refractivity contribution in [3.8, 4) is 11.4 Å². The van der Waals surface area contributed by atoms with E-state index in [1.165, 1.54) is 12.1 Å². The molecule has 0 aliphatic rings. The molecule has 18 heavy (non-hydrogen) atoms. The van der Waals surface area contributed by atoms with Gasteiger partial charge in [0.1, 0.15) is 11.6 Å². The van der Waals surface area contributed by atoms with Gasteiger partial charge in [0.25, 0.3) is 0 Å². The van der Waals surface area contributed by atoms with E-state index in [0.29, 0.717) is 21.7 Å². The van der Waals surface area contributed by atoms with Crippen LogP contribution in [0.4, 0.5) is 10.2 Å². The molecule has 0 bridgehead atoms. The summed E-state index contributed by atoms with van der Waals surface area (Å²) in [5, 5.41) is 0. The molecule has 0 aliphatic carbocycles. The quantitative estimate of drug-likeness (QED) is 0.661. The van der Waals surface area contributed by atoms with Crippen LogP contribution in [0.1, 0.15) is 11.3 Å². The summed E-state index contributed by atoms with van der Waals surface area (Å²) in [6, 6.07) is 4.52. The highest BCUT2D eigenvalue weighted by Gasteiger charge is 2.10. The van der Waals surface area contributed by atoms with Crippen molar-refractivity contribution in [1.82, 2.24) is 9.97 Å². The number of hydrogen-bond donors (Lipinski definition) is 2. The highest BCUT2D eigenvalue weighted by molar-refractivity contribution is 9.10. The van der Waals surface area contributed by atoms with Crippen molar-refractivity contribution in [2.45, 2.75) is 13.8 Å². The van der Waals surface area contributed by atoms with Crippen LogP contribution in [-0.4, -0.2) is 9.97 Å². The van der Waals surface area contributed by atoms with E-state index >= 15 is 0 Å². The number of aryl methyl sites for hydroxylation is 1. The van der Waals surface area contributed by atoms with Crippen LogP contribution >= 0.6 is 15.9 Å². The third kappa shape index (κ3) is 2.49. The standard InChI is InChI=1S/C12H12BrFN4/c1-6-7(2)16-12(17-11(6)18-15)8-3-9(13)5-10(14)4-8/h3-5H,15H2,1-2H3,(H,16,17,18). The van der Waals surface area contributed by atoms with Crippen LogP contribution in [0, 0.1) is 19.7 Å². The van der Waals surface area contributed by atoms with E-state index in [1.807, 2.05) is 13.8 Å². The molecule has 2 rings (SSSR count). The molecule has 0 saturated carbocycles. The molecule has 0 atom stereocenters. The molecule has 1 aromatic heterocycles. The van der Waals surface area contributed by atoms with Gasteiger partial charge in [0, 0.05) is 21.3 Å². The minimum atomic E-state index is -0.344. The maximum absolute atomic E-state index is 13.4. The number of anilines is 1. The Morgan fingerprint density at radius 2 is 1.94 bits per heavy atom. The van der Waals surface area contributed by atoms with Crippen molar-refractivity contribution in [2.75, 3.05) is 5.43 Å². The van der Waals surface area contributed by atoms with Gasteiger partial charge in [-0.1, -0.05) is 15.9 Å². The van der Waals surface area contributed by atoms with Crippen LogP contribution in [0.3, 0.4) is 0 Å². The van der Waals surface area contributed by atoms with Gasteiger partial charge in [-0.3, -0.25) is 0 Å². The molecule has 6 heteroatoms. The number of rotatable bonds is 2. The maximum Gasteiger partial charge on any atom is 0.161 e. The second-order valence-electron chi connectivity index (χ2n) is 3.91. The zero-order chi connectivity index (χ0) is 13.3. The first-order valence-corrected chi connectivity index (χ1v) is 6.09. The molecule has 0 fully saturated rings. The first kappa shape index (κ1) is 12.9. The Bertz CT molecular complexity index is 581. The van der Waals surface area contributed by atoms with Gasteiger partial charge in [0.15, 0.2) is 5.82 Å². The van der Waals surface area contributed by atoms with Gasteiger partial charge in [-0.15, -0.1) is 0 Å². The zero-order valence-corrected chi connectivity index (χ0v) is 11.5. The predicted octanol–water partition coefficient (Wildman–Crippen LogP) is 2.95. The van der Waals surface area contributed by atoms with Crippen molar-refractivity contribution in [3.05, 3.63) is 39.7 Å². The molecule has 0 radical (unpaired) electrons. The lowest BCUT2D eigenvalue weighted by atomic mass is 10.2. The molecule has 0 amide bonds. The fourth-order valence-corrected chi connectivity index (χ4v) is 2.05. The second-order valence-corrected chi connectivity index (χ2v) is 4.82. The lowest BCUT2D eigenvalue weighted by molar-refractivity contribution is 0.627. The molecule has 0 saturated heterocycles. The van der Waals surface area contributed by atoms with E-state index in [1.54, 1.807) is 6.07 Å². The van der Waals surface area contributed by atoms with E-state index in [9.17, 15) is 4.39 Å².